The van der Waals surface area contributed by atoms with Gasteiger partial charge in [0.05, 0.1) is 13.2 Å². The van der Waals surface area contributed by atoms with Crippen LogP contribution in [0.25, 0.3) is 0 Å². The number of morpholine rings is 1. The smallest absolute Gasteiger partial charge is 0.0634 e. The summed E-state index contributed by atoms with van der Waals surface area (Å²) in [5.74, 6) is 0. The molecular formula is C14H24N2OS. The second kappa shape index (κ2) is 7.24. The first kappa shape index (κ1) is 14.0. The molecule has 0 spiro atoms. The van der Waals surface area contributed by atoms with Crippen LogP contribution in [0, 0.1) is 0 Å². The van der Waals surface area contributed by atoms with Gasteiger partial charge in [0.25, 0.3) is 0 Å². The summed E-state index contributed by atoms with van der Waals surface area (Å²) in [5, 5.41) is 5.68. The number of hydrogen-bond donors (Lipinski definition) is 1. The van der Waals surface area contributed by atoms with Crippen molar-refractivity contribution in [3.63, 3.8) is 0 Å². The summed E-state index contributed by atoms with van der Waals surface area (Å²) in [4.78, 5) is 4.05. The lowest BCUT2D eigenvalue weighted by Gasteiger charge is -2.36. The molecule has 0 aliphatic carbocycles. The van der Waals surface area contributed by atoms with E-state index in [-0.39, 0.29) is 0 Å². The van der Waals surface area contributed by atoms with Gasteiger partial charge < -0.3 is 10.1 Å². The first-order valence-electron chi connectivity index (χ1n) is 6.83. The summed E-state index contributed by atoms with van der Waals surface area (Å²) < 4.78 is 5.60. The first-order chi connectivity index (χ1) is 8.75. The van der Waals surface area contributed by atoms with Gasteiger partial charge in [-0.25, -0.2) is 0 Å². The highest BCUT2D eigenvalue weighted by Crippen LogP contribution is 2.12. The molecule has 1 fully saturated rings. The maximum atomic E-state index is 5.60. The number of rotatable bonds is 6. The standard InChI is InChI=1S/C14H24N2OS/c1-12(2)15-10-13-11-17-8-7-16(13)6-5-14-4-3-9-18-14/h3-4,9,12-13,15H,5-8,10-11H2,1-2H3. The van der Waals surface area contributed by atoms with E-state index in [0.717, 1.165) is 39.3 Å². The van der Waals surface area contributed by atoms with Crippen LogP contribution < -0.4 is 5.32 Å². The van der Waals surface area contributed by atoms with Crippen molar-refractivity contribution < 1.29 is 4.74 Å². The fourth-order valence-electron chi connectivity index (χ4n) is 2.25. The van der Waals surface area contributed by atoms with Crippen LogP contribution in [0.2, 0.25) is 0 Å². The van der Waals surface area contributed by atoms with Crippen molar-refractivity contribution in [2.24, 2.45) is 0 Å². The van der Waals surface area contributed by atoms with Crippen LogP contribution in [0.15, 0.2) is 17.5 Å². The minimum Gasteiger partial charge on any atom is -0.378 e. The van der Waals surface area contributed by atoms with Crippen molar-refractivity contribution in [2.75, 3.05) is 32.8 Å². The molecule has 18 heavy (non-hydrogen) atoms. The quantitative estimate of drug-likeness (QED) is 0.854. The van der Waals surface area contributed by atoms with Crippen LogP contribution in [0.1, 0.15) is 18.7 Å². The number of ether oxygens (including phenoxy) is 1. The molecule has 1 aliphatic heterocycles. The minimum absolute atomic E-state index is 0.529. The number of nitrogens with zero attached hydrogens (tertiary/aromatic N) is 1. The van der Waals surface area contributed by atoms with Crippen molar-refractivity contribution in [3.05, 3.63) is 22.4 Å². The second-order valence-corrected chi connectivity index (χ2v) is 6.19. The van der Waals surface area contributed by atoms with Crippen molar-refractivity contribution in [1.29, 1.82) is 0 Å². The third kappa shape index (κ3) is 4.35. The van der Waals surface area contributed by atoms with Gasteiger partial charge in [-0.1, -0.05) is 19.9 Å². The van der Waals surface area contributed by atoms with Crippen LogP contribution in [0.5, 0.6) is 0 Å². The molecule has 0 amide bonds. The van der Waals surface area contributed by atoms with E-state index in [4.69, 9.17) is 4.74 Å². The van der Waals surface area contributed by atoms with Crippen LogP contribution in [-0.2, 0) is 11.2 Å². The van der Waals surface area contributed by atoms with Gasteiger partial charge in [0.1, 0.15) is 0 Å². The highest BCUT2D eigenvalue weighted by Gasteiger charge is 2.22. The Hall–Kier alpha value is -0.420. The third-order valence-electron chi connectivity index (χ3n) is 3.34. The molecule has 0 aromatic carbocycles. The van der Waals surface area contributed by atoms with Crippen LogP contribution in [0.3, 0.4) is 0 Å². The molecule has 1 N–H and O–H groups in total. The highest BCUT2D eigenvalue weighted by atomic mass is 32.1. The molecule has 3 nitrogen and oxygen atoms in total. The van der Waals surface area contributed by atoms with E-state index in [9.17, 15) is 0 Å². The predicted octanol–water partition coefficient (Wildman–Crippen LogP) is 1.99. The van der Waals surface area contributed by atoms with Crippen LogP contribution >= 0.6 is 11.3 Å². The SMILES string of the molecule is CC(C)NCC1COCCN1CCc1cccs1. The van der Waals surface area contributed by atoms with E-state index in [1.807, 2.05) is 11.3 Å². The summed E-state index contributed by atoms with van der Waals surface area (Å²) in [7, 11) is 0. The molecule has 0 bridgehead atoms. The Kier molecular flexibility index (Phi) is 5.63. The Labute approximate surface area is 114 Å². The fourth-order valence-corrected chi connectivity index (χ4v) is 2.95. The molecule has 1 aromatic rings. The molecule has 1 aliphatic rings. The molecular weight excluding hydrogens is 244 g/mol. The topological polar surface area (TPSA) is 24.5 Å². The Morgan fingerprint density at radius 3 is 3.17 bits per heavy atom. The monoisotopic (exact) mass is 268 g/mol. The zero-order valence-corrected chi connectivity index (χ0v) is 12.2. The van der Waals surface area contributed by atoms with Gasteiger partial charge >= 0.3 is 0 Å². The summed E-state index contributed by atoms with van der Waals surface area (Å²) in [6, 6.07) is 5.44. The molecule has 1 aromatic heterocycles. The molecule has 1 saturated heterocycles. The van der Waals surface area contributed by atoms with Crippen molar-refractivity contribution in [2.45, 2.75) is 32.4 Å². The average Bonchev–Trinajstić information content (AvgIpc) is 2.88. The lowest BCUT2D eigenvalue weighted by atomic mass is 10.2. The number of hydrogen-bond acceptors (Lipinski definition) is 4. The highest BCUT2D eigenvalue weighted by molar-refractivity contribution is 7.09. The zero-order chi connectivity index (χ0) is 12.8. The molecule has 102 valence electrons. The second-order valence-electron chi connectivity index (χ2n) is 5.16. The number of thiophene rings is 1. The van der Waals surface area contributed by atoms with Gasteiger partial charge in [-0.15, -0.1) is 11.3 Å². The van der Waals surface area contributed by atoms with E-state index in [1.165, 1.54) is 4.88 Å². The molecule has 0 saturated carbocycles. The molecule has 1 unspecified atom stereocenters. The zero-order valence-electron chi connectivity index (χ0n) is 11.4. The van der Waals surface area contributed by atoms with E-state index in [2.05, 4.69) is 41.6 Å². The van der Waals surface area contributed by atoms with Crippen LogP contribution in [0.4, 0.5) is 0 Å². The molecule has 0 radical (unpaired) electrons. The van der Waals surface area contributed by atoms with Gasteiger partial charge in [-0.05, 0) is 17.9 Å². The van der Waals surface area contributed by atoms with Gasteiger partial charge in [0.2, 0.25) is 0 Å². The third-order valence-corrected chi connectivity index (χ3v) is 4.27. The normalized spacial score (nSPS) is 21.6. The van der Waals surface area contributed by atoms with Gasteiger partial charge in [-0.2, -0.15) is 0 Å². The molecule has 1 atom stereocenters. The summed E-state index contributed by atoms with van der Waals surface area (Å²) in [6.45, 7) is 9.37. The number of nitrogens with one attached hydrogen (secondary N) is 1. The Morgan fingerprint density at radius 1 is 1.56 bits per heavy atom. The Balaban J connectivity index is 1.79. The summed E-state index contributed by atoms with van der Waals surface area (Å²) in [6.07, 6.45) is 1.16. The maximum Gasteiger partial charge on any atom is 0.0634 e. The lowest BCUT2D eigenvalue weighted by Crippen LogP contribution is -2.51. The maximum absolute atomic E-state index is 5.60. The first-order valence-corrected chi connectivity index (χ1v) is 7.71. The van der Waals surface area contributed by atoms with Crippen molar-refractivity contribution >= 4 is 11.3 Å². The fraction of sp³-hybridized carbons (Fsp3) is 0.714. The van der Waals surface area contributed by atoms with Crippen molar-refractivity contribution in [1.82, 2.24) is 10.2 Å². The van der Waals surface area contributed by atoms with E-state index >= 15 is 0 Å². The van der Waals surface area contributed by atoms with E-state index in [1.54, 1.807) is 0 Å². The average molecular weight is 268 g/mol. The largest absolute Gasteiger partial charge is 0.378 e. The summed E-state index contributed by atoms with van der Waals surface area (Å²) in [5.41, 5.74) is 0. The van der Waals surface area contributed by atoms with E-state index < -0.39 is 0 Å². The van der Waals surface area contributed by atoms with Crippen molar-refractivity contribution in [3.8, 4) is 0 Å². The minimum atomic E-state index is 0.529. The van der Waals surface area contributed by atoms with E-state index in [0.29, 0.717) is 12.1 Å². The summed E-state index contributed by atoms with van der Waals surface area (Å²) >= 11 is 1.86. The van der Waals surface area contributed by atoms with Crippen LogP contribution in [-0.4, -0.2) is 49.8 Å². The molecule has 2 rings (SSSR count). The van der Waals surface area contributed by atoms with Gasteiger partial charge in [0, 0.05) is 36.6 Å². The lowest BCUT2D eigenvalue weighted by molar-refractivity contribution is -0.00664. The Bertz CT molecular complexity index is 327. The predicted molar refractivity (Wildman–Crippen MR) is 77.3 cm³/mol. The Morgan fingerprint density at radius 2 is 2.44 bits per heavy atom. The van der Waals surface area contributed by atoms with Gasteiger partial charge in [-0.3, -0.25) is 4.90 Å². The molecule has 4 heteroatoms. The molecule has 2 heterocycles. The van der Waals surface area contributed by atoms with Gasteiger partial charge in [0.15, 0.2) is 0 Å².